The molecule has 1 aliphatic heterocycles. The third-order valence-electron chi connectivity index (χ3n) is 2.97. The molecule has 1 atom stereocenters. The third kappa shape index (κ3) is 3.71. The van der Waals surface area contributed by atoms with Crippen molar-refractivity contribution < 1.29 is 9.59 Å². The molecule has 0 spiro atoms. The van der Waals surface area contributed by atoms with Crippen molar-refractivity contribution in [2.45, 2.75) is 12.5 Å². The van der Waals surface area contributed by atoms with Crippen molar-refractivity contribution >= 4 is 11.8 Å². The van der Waals surface area contributed by atoms with Crippen LogP contribution in [-0.4, -0.2) is 24.4 Å². The molecule has 1 aliphatic rings. The number of hydrogen-bond donors (Lipinski definition) is 3. The van der Waals surface area contributed by atoms with Gasteiger partial charge in [0.1, 0.15) is 11.7 Å². The van der Waals surface area contributed by atoms with Crippen LogP contribution >= 0.6 is 0 Å². The summed E-state index contributed by atoms with van der Waals surface area (Å²) in [5.41, 5.74) is 6.71. The third-order valence-corrected chi connectivity index (χ3v) is 2.97. The molecule has 1 unspecified atom stereocenters. The van der Waals surface area contributed by atoms with Gasteiger partial charge in [-0.3, -0.25) is 9.59 Å². The van der Waals surface area contributed by atoms with Crippen LogP contribution in [0.15, 0.2) is 54.3 Å². The fraction of sp³-hybridized carbons (Fsp3) is 0.200. The van der Waals surface area contributed by atoms with E-state index in [2.05, 4.69) is 10.6 Å². The highest BCUT2D eigenvalue weighted by Crippen LogP contribution is 2.03. The molecule has 1 heterocycles. The van der Waals surface area contributed by atoms with Crippen LogP contribution in [0.1, 0.15) is 5.56 Å². The molecule has 0 aliphatic carbocycles. The second kappa shape index (κ2) is 6.56. The fourth-order valence-electron chi connectivity index (χ4n) is 1.89. The first-order chi connectivity index (χ1) is 9.66. The lowest BCUT2D eigenvalue weighted by molar-refractivity contribution is -0.119. The van der Waals surface area contributed by atoms with Gasteiger partial charge in [0.15, 0.2) is 0 Å². The van der Waals surface area contributed by atoms with E-state index in [9.17, 15) is 9.59 Å². The van der Waals surface area contributed by atoms with Crippen molar-refractivity contribution in [2.75, 3.05) is 6.54 Å². The molecule has 1 aromatic rings. The molecular weight excluding hydrogens is 254 g/mol. The van der Waals surface area contributed by atoms with Crippen LogP contribution in [0.5, 0.6) is 0 Å². The minimum atomic E-state index is -0.630. The van der Waals surface area contributed by atoms with Crippen LogP contribution in [0, 0.1) is 0 Å². The molecule has 2 amide bonds. The minimum absolute atomic E-state index is 0.239. The lowest BCUT2D eigenvalue weighted by Crippen LogP contribution is -2.44. The summed E-state index contributed by atoms with van der Waals surface area (Å²) in [5, 5.41) is 5.59. The van der Waals surface area contributed by atoms with Crippen molar-refractivity contribution in [1.82, 2.24) is 10.6 Å². The quantitative estimate of drug-likeness (QED) is 0.717. The van der Waals surface area contributed by atoms with Gasteiger partial charge >= 0.3 is 0 Å². The number of hydrogen-bond acceptors (Lipinski definition) is 3. The number of nitrogens with two attached hydrogens (primary N) is 1. The van der Waals surface area contributed by atoms with Gasteiger partial charge in [0.2, 0.25) is 5.91 Å². The summed E-state index contributed by atoms with van der Waals surface area (Å²) in [6, 6.07) is 9.27. The molecule has 2 rings (SSSR count). The number of dihydropyridines is 1. The van der Waals surface area contributed by atoms with Gasteiger partial charge in [0.05, 0.1) is 0 Å². The topological polar surface area (TPSA) is 84.2 Å². The van der Waals surface area contributed by atoms with Crippen molar-refractivity contribution in [3.05, 3.63) is 59.8 Å². The maximum absolute atomic E-state index is 11.9. The van der Waals surface area contributed by atoms with Crippen LogP contribution in [0.3, 0.4) is 0 Å². The number of amides is 2. The number of rotatable bonds is 5. The van der Waals surface area contributed by atoms with E-state index in [1.807, 2.05) is 30.3 Å². The summed E-state index contributed by atoms with van der Waals surface area (Å²) in [6.07, 6.45) is 5.65. The molecule has 0 bridgehead atoms. The van der Waals surface area contributed by atoms with Crippen LogP contribution in [0.4, 0.5) is 0 Å². The standard InChI is InChI=1S/C15H17N3O2/c16-14(19)12-7-4-8-13(18-12)15(20)17-10-9-11-5-2-1-3-6-11/h1-8,12,18H,9-10H2,(H2,16,19)(H,17,20). The summed E-state index contributed by atoms with van der Waals surface area (Å²) in [6.45, 7) is 0.535. The van der Waals surface area contributed by atoms with E-state index >= 15 is 0 Å². The molecule has 5 nitrogen and oxygen atoms in total. The molecule has 0 saturated heterocycles. The second-order valence-electron chi connectivity index (χ2n) is 4.48. The van der Waals surface area contributed by atoms with E-state index in [4.69, 9.17) is 5.73 Å². The highest BCUT2D eigenvalue weighted by atomic mass is 16.2. The van der Waals surface area contributed by atoms with Crippen LogP contribution in [-0.2, 0) is 16.0 Å². The second-order valence-corrected chi connectivity index (χ2v) is 4.48. The van der Waals surface area contributed by atoms with Crippen molar-refractivity contribution in [2.24, 2.45) is 5.73 Å². The van der Waals surface area contributed by atoms with Gasteiger partial charge < -0.3 is 16.4 Å². The Morgan fingerprint density at radius 1 is 1.25 bits per heavy atom. The van der Waals surface area contributed by atoms with Gasteiger partial charge in [-0.05, 0) is 18.1 Å². The zero-order valence-corrected chi connectivity index (χ0v) is 11.0. The molecule has 1 aromatic carbocycles. The Morgan fingerprint density at radius 2 is 2.00 bits per heavy atom. The summed E-state index contributed by atoms with van der Waals surface area (Å²) < 4.78 is 0. The predicted molar refractivity (Wildman–Crippen MR) is 76.5 cm³/mol. The van der Waals surface area contributed by atoms with Crippen LogP contribution in [0.25, 0.3) is 0 Å². The number of primary amides is 1. The van der Waals surface area contributed by atoms with Crippen molar-refractivity contribution in [3.8, 4) is 0 Å². The van der Waals surface area contributed by atoms with Gasteiger partial charge in [0, 0.05) is 6.54 Å². The number of carbonyl (C=O) groups excluding carboxylic acids is 2. The molecule has 0 saturated carbocycles. The first-order valence-corrected chi connectivity index (χ1v) is 6.43. The minimum Gasteiger partial charge on any atom is -0.368 e. The summed E-state index contributed by atoms with van der Waals surface area (Å²) in [7, 11) is 0. The monoisotopic (exact) mass is 271 g/mol. The van der Waals surface area contributed by atoms with Gasteiger partial charge in [-0.25, -0.2) is 0 Å². The highest BCUT2D eigenvalue weighted by molar-refractivity contribution is 5.95. The largest absolute Gasteiger partial charge is 0.368 e. The zero-order chi connectivity index (χ0) is 14.4. The van der Waals surface area contributed by atoms with E-state index in [0.29, 0.717) is 12.2 Å². The lowest BCUT2D eigenvalue weighted by Gasteiger charge is -2.18. The maximum Gasteiger partial charge on any atom is 0.267 e. The van der Waals surface area contributed by atoms with Crippen molar-refractivity contribution in [3.63, 3.8) is 0 Å². The first-order valence-electron chi connectivity index (χ1n) is 6.43. The predicted octanol–water partition coefficient (Wildman–Crippen LogP) is 0.242. The molecule has 20 heavy (non-hydrogen) atoms. The number of allylic oxidation sites excluding steroid dienone is 2. The fourth-order valence-corrected chi connectivity index (χ4v) is 1.89. The molecule has 0 aromatic heterocycles. The Balaban J connectivity index is 1.82. The maximum atomic E-state index is 11.9. The number of benzene rings is 1. The normalized spacial score (nSPS) is 17.0. The number of nitrogens with one attached hydrogen (secondary N) is 2. The SMILES string of the molecule is NC(=O)C1C=CC=C(C(=O)NCCc2ccccc2)N1. The average molecular weight is 271 g/mol. The van der Waals surface area contributed by atoms with E-state index < -0.39 is 11.9 Å². The van der Waals surface area contributed by atoms with Crippen LogP contribution in [0.2, 0.25) is 0 Å². The Kier molecular flexibility index (Phi) is 4.55. The van der Waals surface area contributed by atoms with Gasteiger partial charge in [-0.15, -0.1) is 0 Å². The van der Waals surface area contributed by atoms with Gasteiger partial charge in [0.25, 0.3) is 5.91 Å². The van der Waals surface area contributed by atoms with Gasteiger partial charge in [-0.2, -0.15) is 0 Å². The van der Waals surface area contributed by atoms with E-state index in [-0.39, 0.29) is 5.91 Å². The first kappa shape index (κ1) is 13.9. The van der Waals surface area contributed by atoms with E-state index in [0.717, 1.165) is 12.0 Å². The molecule has 104 valence electrons. The van der Waals surface area contributed by atoms with Crippen LogP contribution < -0.4 is 16.4 Å². The average Bonchev–Trinajstić information content (AvgIpc) is 2.48. The molecule has 4 N–H and O–H groups in total. The molecule has 0 fully saturated rings. The summed E-state index contributed by atoms with van der Waals surface area (Å²) in [4.78, 5) is 23.0. The zero-order valence-electron chi connectivity index (χ0n) is 11.0. The van der Waals surface area contributed by atoms with Crippen molar-refractivity contribution in [1.29, 1.82) is 0 Å². The van der Waals surface area contributed by atoms with E-state index in [1.54, 1.807) is 18.2 Å². The Hall–Kier alpha value is -2.56. The Morgan fingerprint density at radius 3 is 2.70 bits per heavy atom. The smallest absolute Gasteiger partial charge is 0.267 e. The number of carbonyl (C=O) groups is 2. The Bertz CT molecular complexity index is 549. The highest BCUT2D eigenvalue weighted by Gasteiger charge is 2.18. The van der Waals surface area contributed by atoms with Gasteiger partial charge in [-0.1, -0.05) is 42.5 Å². The molecule has 0 radical (unpaired) electrons. The van der Waals surface area contributed by atoms with E-state index in [1.165, 1.54) is 0 Å². The lowest BCUT2D eigenvalue weighted by atomic mass is 10.1. The molecule has 5 heteroatoms. The summed E-state index contributed by atoms with van der Waals surface area (Å²) in [5.74, 6) is -0.750. The Labute approximate surface area is 117 Å². The summed E-state index contributed by atoms with van der Waals surface area (Å²) >= 11 is 0. The molecular formula is C15H17N3O2.